The van der Waals surface area contributed by atoms with Crippen molar-refractivity contribution in [1.82, 2.24) is 0 Å². The monoisotopic (exact) mass is 379 g/mol. The van der Waals surface area contributed by atoms with Crippen LogP contribution in [0.4, 0.5) is 5.69 Å². The molecule has 3 heteroatoms. The largest absolute Gasteiger partial charge is 0.468 e. The summed E-state index contributed by atoms with van der Waals surface area (Å²) in [5.41, 5.74) is 7.03. The lowest BCUT2D eigenvalue weighted by Crippen LogP contribution is -2.53. The molecule has 28 heavy (non-hydrogen) atoms. The van der Waals surface area contributed by atoms with E-state index in [4.69, 9.17) is 4.74 Å². The molecule has 0 radical (unpaired) electrons. The van der Waals surface area contributed by atoms with Gasteiger partial charge in [0.1, 0.15) is 0 Å². The Hall–Kier alpha value is -1.77. The fraction of sp³-hybridized carbons (Fsp3) is 0.640. The van der Waals surface area contributed by atoms with E-state index in [0.717, 1.165) is 19.3 Å². The summed E-state index contributed by atoms with van der Waals surface area (Å²) in [4.78, 5) is 12.8. The van der Waals surface area contributed by atoms with Crippen molar-refractivity contribution in [3.05, 3.63) is 40.5 Å². The van der Waals surface area contributed by atoms with E-state index in [9.17, 15) is 4.79 Å². The molecule has 5 rings (SSSR count). The van der Waals surface area contributed by atoms with Crippen LogP contribution in [0.3, 0.4) is 0 Å². The van der Waals surface area contributed by atoms with Gasteiger partial charge in [0.2, 0.25) is 0 Å². The minimum atomic E-state index is -0.434. The normalized spacial score (nSPS) is 40.9. The van der Waals surface area contributed by atoms with Crippen molar-refractivity contribution in [2.75, 3.05) is 12.4 Å². The zero-order valence-electron chi connectivity index (χ0n) is 17.9. The first-order valence-electron chi connectivity index (χ1n) is 11.0. The third-order valence-electron chi connectivity index (χ3n) is 9.01. The van der Waals surface area contributed by atoms with Crippen molar-refractivity contribution < 1.29 is 9.53 Å². The molecular formula is C25H33NO2. The fourth-order valence-corrected chi connectivity index (χ4v) is 7.24. The topological polar surface area (TPSA) is 38.3 Å². The Morgan fingerprint density at radius 1 is 1.21 bits per heavy atom. The number of hydrogen-bond donors (Lipinski definition) is 1. The number of nitrogens with one attached hydrogen (secondary N) is 1. The molecule has 0 aromatic heterocycles. The quantitative estimate of drug-likeness (QED) is 0.510. The van der Waals surface area contributed by atoms with E-state index in [1.807, 2.05) is 0 Å². The Morgan fingerprint density at radius 3 is 2.75 bits per heavy atom. The molecule has 4 aliphatic rings. The predicted octanol–water partition coefficient (Wildman–Crippen LogP) is 5.60. The molecule has 0 amide bonds. The number of anilines is 1. The first kappa shape index (κ1) is 18.3. The second-order valence-electron chi connectivity index (χ2n) is 10.2. The van der Waals surface area contributed by atoms with Gasteiger partial charge < -0.3 is 10.1 Å². The number of aryl methyl sites for hydroxylation is 1. The van der Waals surface area contributed by atoms with Crippen LogP contribution in [-0.4, -0.2) is 19.1 Å². The predicted molar refractivity (Wildman–Crippen MR) is 112 cm³/mol. The lowest BCUT2D eigenvalue weighted by Gasteiger charge is -2.58. The van der Waals surface area contributed by atoms with Crippen LogP contribution < -0.4 is 5.32 Å². The highest BCUT2D eigenvalue weighted by atomic mass is 16.5. The molecule has 1 aromatic carbocycles. The van der Waals surface area contributed by atoms with Crippen molar-refractivity contribution in [2.45, 2.75) is 71.8 Å². The number of esters is 1. The Morgan fingerprint density at radius 2 is 2.00 bits per heavy atom. The Labute approximate surface area is 168 Å². The molecule has 150 valence electrons. The number of ether oxygens (including phenoxy) is 1. The van der Waals surface area contributed by atoms with Crippen LogP contribution in [0.2, 0.25) is 0 Å². The second-order valence-corrected chi connectivity index (χ2v) is 10.2. The smallest absolute Gasteiger partial charge is 0.315 e. The van der Waals surface area contributed by atoms with Gasteiger partial charge in [0, 0.05) is 23.6 Å². The maximum atomic E-state index is 12.8. The molecule has 1 heterocycles. The van der Waals surface area contributed by atoms with Gasteiger partial charge in [-0.15, -0.1) is 0 Å². The molecule has 1 aromatic rings. The van der Waals surface area contributed by atoms with Gasteiger partial charge in [-0.2, -0.15) is 0 Å². The lowest BCUT2D eigenvalue weighted by atomic mass is 9.47. The number of rotatable bonds is 1. The fourth-order valence-electron chi connectivity index (χ4n) is 7.24. The van der Waals surface area contributed by atoms with Crippen molar-refractivity contribution >= 4 is 11.7 Å². The van der Waals surface area contributed by atoms with E-state index in [-0.39, 0.29) is 11.4 Å². The highest BCUT2D eigenvalue weighted by Crippen LogP contribution is 2.66. The summed E-state index contributed by atoms with van der Waals surface area (Å²) in [5.74, 6) is 1.73. The van der Waals surface area contributed by atoms with E-state index in [1.165, 1.54) is 35.2 Å². The van der Waals surface area contributed by atoms with Crippen molar-refractivity contribution in [1.29, 1.82) is 0 Å². The van der Waals surface area contributed by atoms with Gasteiger partial charge in [-0.05, 0) is 68.4 Å². The average molecular weight is 380 g/mol. The summed E-state index contributed by atoms with van der Waals surface area (Å²) in [5, 5.41) is 3.95. The second kappa shape index (κ2) is 5.87. The van der Waals surface area contributed by atoms with Crippen LogP contribution in [0.15, 0.2) is 29.3 Å². The summed E-state index contributed by atoms with van der Waals surface area (Å²) < 4.78 is 5.29. The highest BCUT2D eigenvalue weighted by Gasteiger charge is 2.59. The molecule has 0 spiro atoms. The van der Waals surface area contributed by atoms with Crippen LogP contribution in [0.5, 0.6) is 0 Å². The molecule has 0 unspecified atom stereocenters. The third-order valence-corrected chi connectivity index (χ3v) is 9.01. The van der Waals surface area contributed by atoms with Crippen molar-refractivity contribution in [3.8, 4) is 0 Å². The van der Waals surface area contributed by atoms with Crippen molar-refractivity contribution in [2.24, 2.45) is 22.7 Å². The molecule has 3 aliphatic carbocycles. The molecule has 0 saturated heterocycles. The average Bonchev–Trinajstić information content (AvgIpc) is 3.05. The summed E-state index contributed by atoms with van der Waals surface area (Å²) in [6.07, 6.45) is 5.41. The van der Waals surface area contributed by atoms with Gasteiger partial charge >= 0.3 is 5.97 Å². The number of hydrogen-bond acceptors (Lipinski definition) is 3. The van der Waals surface area contributed by atoms with Gasteiger partial charge in [0.25, 0.3) is 0 Å². The maximum absolute atomic E-state index is 12.8. The minimum Gasteiger partial charge on any atom is -0.468 e. The molecule has 6 atom stereocenters. The van der Waals surface area contributed by atoms with E-state index >= 15 is 0 Å². The van der Waals surface area contributed by atoms with Crippen LogP contribution in [0.25, 0.3) is 0 Å². The van der Waals surface area contributed by atoms with Gasteiger partial charge in [-0.25, -0.2) is 0 Å². The number of benzene rings is 1. The number of methoxy groups -OCH3 is 1. The van der Waals surface area contributed by atoms with Gasteiger partial charge in [0.15, 0.2) is 0 Å². The summed E-state index contributed by atoms with van der Waals surface area (Å²) in [6.45, 7) is 9.29. The van der Waals surface area contributed by atoms with Gasteiger partial charge in [-0.3, -0.25) is 4.79 Å². The van der Waals surface area contributed by atoms with Gasteiger partial charge in [0.05, 0.1) is 12.5 Å². The number of para-hydroxylation sites is 1. The minimum absolute atomic E-state index is 0.0361. The number of fused-ring (bicyclic) bond motifs is 4. The van der Waals surface area contributed by atoms with Crippen LogP contribution in [-0.2, 0) is 9.53 Å². The third kappa shape index (κ3) is 2.14. The zero-order valence-corrected chi connectivity index (χ0v) is 17.9. The SMILES string of the molecule is COC(=O)[C@@]1(C)CC[C@@H]2C3=C1CC[C@@H](C)[C@]3(C)C[C@@H]1c3cccc(C)c3N[C@H]21. The maximum Gasteiger partial charge on any atom is 0.315 e. The molecule has 1 aliphatic heterocycles. The molecule has 1 fully saturated rings. The van der Waals surface area contributed by atoms with Crippen molar-refractivity contribution in [3.63, 3.8) is 0 Å². The molecule has 0 bridgehead atoms. The standard InChI is InChI=1S/C25H33NO2/c1-14-7-6-8-16-18-13-25(4)15(2)9-10-19-20(25)17(22(18)26-21(14)16)11-12-24(19,3)23(27)28-5/h6-8,15,17-18,22,26H,9-13H2,1-5H3/t15-,17-,18-,22-,24+,25+/m1/s1. The number of carbonyl (C=O) groups is 1. The van der Waals surface area contributed by atoms with E-state index < -0.39 is 5.41 Å². The Balaban J connectivity index is 1.68. The first-order chi connectivity index (χ1) is 13.3. The highest BCUT2D eigenvalue weighted by molar-refractivity contribution is 5.81. The zero-order chi connectivity index (χ0) is 19.8. The summed E-state index contributed by atoms with van der Waals surface area (Å²) in [7, 11) is 1.55. The lowest BCUT2D eigenvalue weighted by molar-refractivity contribution is -0.151. The summed E-state index contributed by atoms with van der Waals surface area (Å²) >= 11 is 0. The van der Waals surface area contributed by atoms with Crippen LogP contribution in [0, 0.1) is 29.6 Å². The van der Waals surface area contributed by atoms with E-state index in [0.29, 0.717) is 23.8 Å². The molecule has 3 nitrogen and oxygen atoms in total. The van der Waals surface area contributed by atoms with Crippen LogP contribution >= 0.6 is 0 Å². The van der Waals surface area contributed by atoms with Crippen LogP contribution in [0.1, 0.15) is 69.9 Å². The first-order valence-corrected chi connectivity index (χ1v) is 11.0. The summed E-state index contributed by atoms with van der Waals surface area (Å²) in [6, 6.07) is 7.26. The molecular weight excluding hydrogens is 346 g/mol. The van der Waals surface area contributed by atoms with E-state index in [2.05, 4.69) is 51.2 Å². The molecule has 1 saturated carbocycles. The number of carbonyl (C=O) groups excluding carboxylic acids is 1. The molecule has 1 N–H and O–H groups in total. The van der Waals surface area contributed by atoms with E-state index in [1.54, 1.807) is 12.7 Å². The van der Waals surface area contributed by atoms with Gasteiger partial charge in [-0.1, -0.05) is 43.2 Å². The Bertz CT molecular complexity index is 887. The Kier molecular flexibility index (Phi) is 3.83.